The predicted octanol–water partition coefficient (Wildman–Crippen LogP) is 6.26. The van der Waals surface area contributed by atoms with Crippen molar-refractivity contribution in [3.05, 3.63) is 67.1 Å². The van der Waals surface area contributed by atoms with Crippen LogP contribution in [0.3, 0.4) is 0 Å². The van der Waals surface area contributed by atoms with Crippen molar-refractivity contribution in [3.8, 4) is 28.1 Å². The number of anilines is 1. The van der Waals surface area contributed by atoms with E-state index in [0.717, 1.165) is 40.2 Å². The van der Waals surface area contributed by atoms with Crippen molar-refractivity contribution in [2.75, 3.05) is 45.0 Å². The van der Waals surface area contributed by atoms with Crippen LogP contribution < -0.4 is 9.64 Å². The van der Waals surface area contributed by atoms with Crippen molar-refractivity contribution in [2.24, 2.45) is 0 Å². The number of carbonyl (C=O) groups excluding carboxylic acids is 1. The number of imidazole rings is 1. The molecule has 0 unspecified atom stereocenters. The third kappa shape index (κ3) is 7.80. The minimum absolute atomic E-state index is 0.302. The molecule has 0 fully saturated rings. The maximum Gasteiger partial charge on any atom is 0.416 e. The Kier molecular flexibility index (Phi) is 9.74. The predicted molar refractivity (Wildman–Crippen MR) is 156 cm³/mol. The van der Waals surface area contributed by atoms with Gasteiger partial charge in [-0.15, -0.1) is 0 Å². The van der Waals surface area contributed by atoms with Crippen LogP contribution in [0.15, 0.2) is 67.1 Å². The fraction of sp³-hybridized carbons (Fsp3) is 0.387. The first-order valence-electron chi connectivity index (χ1n) is 13.5. The lowest BCUT2D eigenvalue weighted by atomic mass is 10.0. The molecule has 0 saturated carbocycles. The average Bonchev–Trinajstić information content (AvgIpc) is 3.37. The average molecular weight is 547 g/mol. The summed E-state index contributed by atoms with van der Waals surface area (Å²) in [5.41, 5.74) is 3.99. The molecule has 0 atom stereocenters. The lowest BCUT2D eigenvalue weighted by Gasteiger charge is -2.27. The molecule has 1 amide bonds. The minimum atomic E-state index is -0.638. The topological polar surface area (TPSA) is 87.4 Å². The van der Waals surface area contributed by atoms with Crippen molar-refractivity contribution < 1.29 is 23.7 Å². The highest BCUT2D eigenvalue weighted by atomic mass is 16.6. The summed E-state index contributed by atoms with van der Waals surface area (Å²) in [5, 5.41) is 0. The van der Waals surface area contributed by atoms with E-state index < -0.39 is 11.7 Å². The molecule has 9 nitrogen and oxygen atoms in total. The Morgan fingerprint density at radius 2 is 1.62 bits per heavy atom. The molecule has 1 aromatic carbocycles. The highest BCUT2D eigenvalue weighted by molar-refractivity contribution is 5.87. The first-order valence-corrected chi connectivity index (χ1v) is 13.5. The van der Waals surface area contributed by atoms with Gasteiger partial charge in [-0.05, 0) is 62.6 Å². The lowest BCUT2D eigenvalue weighted by Crippen LogP contribution is -2.39. The zero-order chi connectivity index (χ0) is 28.5. The smallest absolute Gasteiger partial charge is 0.416 e. The molecule has 0 radical (unpaired) electrons. The first kappa shape index (κ1) is 29.0. The Morgan fingerprint density at radius 3 is 2.33 bits per heavy atom. The molecular weight excluding hydrogens is 508 g/mol. The van der Waals surface area contributed by atoms with Gasteiger partial charge in [-0.25, -0.2) is 14.8 Å². The number of pyridine rings is 2. The first-order chi connectivity index (χ1) is 19.3. The lowest BCUT2D eigenvalue weighted by molar-refractivity contribution is 0.0446. The molecule has 0 aliphatic rings. The van der Waals surface area contributed by atoms with Crippen LogP contribution in [0.2, 0.25) is 0 Å². The van der Waals surface area contributed by atoms with E-state index in [-0.39, 0.29) is 0 Å². The van der Waals surface area contributed by atoms with Gasteiger partial charge in [0.25, 0.3) is 0 Å². The van der Waals surface area contributed by atoms with Crippen LogP contribution in [-0.4, -0.2) is 66.1 Å². The largest absolute Gasteiger partial charge is 0.495 e. The number of hydrogen-bond acceptors (Lipinski definition) is 7. The second-order valence-corrected chi connectivity index (χ2v) is 10.3. The molecule has 4 rings (SSSR count). The number of benzene rings is 1. The van der Waals surface area contributed by atoms with Gasteiger partial charge in [0.2, 0.25) is 0 Å². The summed E-state index contributed by atoms with van der Waals surface area (Å²) < 4.78 is 24.1. The summed E-state index contributed by atoms with van der Waals surface area (Å²) in [5.74, 6) is 1.27. The summed E-state index contributed by atoms with van der Waals surface area (Å²) in [7, 11) is 1.65. The molecule has 0 aliphatic carbocycles. The van der Waals surface area contributed by atoms with E-state index in [2.05, 4.69) is 11.9 Å². The molecule has 9 heteroatoms. The summed E-state index contributed by atoms with van der Waals surface area (Å²) in [6.07, 6.45) is 6.08. The zero-order valence-corrected chi connectivity index (χ0v) is 23.9. The SMILES string of the molecule is CCCOCCOCCN(C(=O)OC(C)(C)C)c1cc(-c2ccc(-c3cn4cc(OC)ccc4n3)cc2)ccn1. The van der Waals surface area contributed by atoms with Gasteiger partial charge < -0.3 is 23.3 Å². The van der Waals surface area contributed by atoms with E-state index in [1.165, 1.54) is 4.90 Å². The van der Waals surface area contributed by atoms with Gasteiger partial charge in [0.05, 0.1) is 45.4 Å². The number of rotatable bonds is 12. The van der Waals surface area contributed by atoms with Gasteiger partial charge in [0.1, 0.15) is 22.8 Å². The molecule has 0 aliphatic heterocycles. The van der Waals surface area contributed by atoms with Crippen LogP contribution in [0.1, 0.15) is 34.1 Å². The number of aromatic nitrogens is 3. The number of carbonyl (C=O) groups is 1. The number of hydrogen-bond donors (Lipinski definition) is 0. The highest BCUT2D eigenvalue weighted by Gasteiger charge is 2.24. The molecule has 40 heavy (non-hydrogen) atoms. The minimum Gasteiger partial charge on any atom is -0.495 e. The summed E-state index contributed by atoms with van der Waals surface area (Å²) >= 11 is 0. The number of ether oxygens (including phenoxy) is 4. The summed E-state index contributed by atoms with van der Waals surface area (Å²) in [6.45, 7) is 9.92. The third-order valence-electron chi connectivity index (χ3n) is 5.99. The number of nitrogens with zero attached hydrogens (tertiary/aromatic N) is 4. The molecule has 0 spiro atoms. The van der Waals surface area contributed by atoms with Crippen LogP contribution in [0.25, 0.3) is 28.0 Å². The van der Waals surface area contributed by atoms with Crippen molar-refractivity contribution >= 4 is 17.6 Å². The Morgan fingerprint density at radius 1 is 0.900 bits per heavy atom. The Balaban J connectivity index is 1.50. The number of methoxy groups -OCH3 is 1. The van der Waals surface area contributed by atoms with E-state index >= 15 is 0 Å². The van der Waals surface area contributed by atoms with E-state index in [0.29, 0.717) is 38.8 Å². The molecular formula is C31H38N4O5. The maximum absolute atomic E-state index is 13.1. The molecule has 3 heterocycles. The monoisotopic (exact) mass is 546 g/mol. The van der Waals surface area contributed by atoms with Crippen LogP contribution in [-0.2, 0) is 14.2 Å². The standard InChI is InChI=1S/C31H38N4O5/c1-6-16-38-18-19-39-17-15-35(30(36)40-31(2,3)4)29-20-25(13-14-32-29)23-7-9-24(10-8-23)27-22-34-21-26(37-5)11-12-28(34)33-27/h7-14,20-22H,6,15-19H2,1-5H3. The van der Waals surface area contributed by atoms with E-state index in [9.17, 15) is 4.79 Å². The fourth-order valence-corrected chi connectivity index (χ4v) is 4.05. The van der Waals surface area contributed by atoms with Gasteiger partial charge in [-0.1, -0.05) is 31.2 Å². The van der Waals surface area contributed by atoms with Crippen molar-refractivity contribution in [1.82, 2.24) is 14.4 Å². The summed E-state index contributed by atoms with van der Waals surface area (Å²) in [6, 6.07) is 15.8. The summed E-state index contributed by atoms with van der Waals surface area (Å²) in [4.78, 5) is 23.8. The third-order valence-corrected chi connectivity index (χ3v) is 5.99. The van der Waals surface area contributed by atoms with Gasteiger partial charge in [0.15, 0.2) is 0 Å². The van der Waals surface area contributed by atoms with Crippen LogP contribution in [0.4, 0.5) is 10.6 Å². The van der Waals surface area contributed by atoms with E-state index in [1.54, 1.807) is 13.3 Å². The van der Waals surface area contributed by atoms with E-state index in [4.69, 9.17) is 23.9 Å². The number of fused-ring (bicyclic) bond motifs is 1. The van der Waals surface area contributed by atoms with Crippen molar-refractivity contribution in [1.29, 1.82) is 0 Å². The number of amides is 1. The normalized spacial score (nSPS) is 11.5. The maximum atomic E-state index is 13.1. The molecule has 4 aromatic rings. The van der Waals surface area contributed by atoms with Crippen LogP contribution >= 0.6 is 0 Å². The highest BCUT2D eigenvalue weighted by Crippen LogP contribution is 2.28. The van der Waals surface area contributed by atoms with E-state index in [1.807, 2.05) is 86.1 Å². The van der Waals surface area contributed by atoms with Crippen LogP contribution in [0, 0.1) is 0 Å². The van der Waals surface area contributed by atoms with Gasteiger partial charge in [0, 0.05) is 24.6 Å². The fourth-order valence-electron chi connectivity index (χ4n) is 4.05. The Bertz CT molecular complexity index is 1400. The van der Waals surface area contributed by atoms with Gasteiger partial charge >= 0.3 is 6.09 Å². The molecule has 0 saturated heterocycles. The van der Waals surface area contributed by atoms with Gasteiger partial charge in [-0.3, -0.25) is 4.90 Å². The molecule has 3 aromatic heterocycles. The second kappa shape index (κ2) is 13.4. The Hall–Kier alpha value is -3.95. The van der Waals surface area contributed by atoms with Gasteiger partial charge in [-0.2, -0.15) is 0 Å². The van der Waals surface area contributed by atoms with Crippen molar-refractivity contribution in [2.45, 2.75) is 39.7 Å². The molecule has 0 N–H and O–H groups in total. The zero-order valence-electron chi connectivity index (χ0n) is 23.9. The Labute approximate surface area is 235 Å². The quantitative estimate of drug-likeness (QED) is 0.194. The second-order valence-electron chi connectivity index (χ2n) is 10.3. The molecule has 212 valence electrons. The van der Waals surface area contributed by atoms with Crippen molar-refractivity contribution in [3.63, 3.8) is 0 Å². The van der Waals surface area contributed by atoms with Crippen LogP contribution in [0.5, 0.6) is 5.75 Å². The molecule has 0 bridgehead atoms.